The Hall–Kier alpha value is -0.283. The van der Waals surface area contributed by atoms with Crippen molar-refractivity contribution in [1.82, 2.24) is 0 Å². The summed E-state index contributed by atoms with van der Waals surface area (Å²) >= 11 is 0. The third kappa shape index (κ3) is 3.84. The van der Waals surface area contributed by atoms with Crippen molar-refractivity contribution >= 4 is 8.32 Å². The van der Waals surface area contributed by atoms with Crippen LogP contribution in [-0.4, -0.2) is 14.4 Å². The van der Waals surface area contributed by atoms with Crippen molar-refractivity contribution in [2.24, 2.45) is 5.73 Å². The number of nitrogens with two attached hydrogens (primary N) is 1. The van der Waals surface area contributed by atoms with Gasteiger partial charge in [-0.1, -0.05) is 20.8 Å². The molecule has 14 heavy (non-hydrogen) atoms. The van der Waals surface area contributed by atoms with E-state index >= 15 is 0 Å². The van der Waals surface area contributed by atoms with Crippen LogP contribution >= 0.6 is 0 Å². The van der Waals surface area contributed by atoms with E-state index in [9.17, 15) is 0 Å². The summed E-state index contributed by atoms with van der Waals surface area (Å²) in [6, 6.07) is 0.0831. The Kier molecular flexibility index (Phi) is 4.40. The third-order valence-corrected chi connectivity index (χ3v) is 7.38. The SMILES string of the molecule is CC(=CO[Si](C)(C)C(C)(C)C)[C@H](C)N. The molecule has 3 heteroatoms. The zero-order valence-corrected chi connectivity index (χ0v) is 11.6. The molecule has 0 spiro atoms. The summed E-state index contributed by atoms with van der Waals surface area (Å²) in [5.41, 5.74) is 6.85. The lowest BCUT2D eigenvalue weighted by atomic mass is 10.2. The van der Waals surface area contributed by atoms with Crippen LogP contribution in [0.5, 0.6) is 0 Å². The molecule has 0 heterocycles. The van der Waals surface area contributed by atoms with Gasteiger partial charge in [-0.25, -0.2) is 0 Å². The first kappa shape index (κ1) is 13.7. The van der Waals surface area contributed by atoms with E-state index in [0.29, 0.717) is 0 Å². The maximum Gasteiger partial charge on any atom is 0.249 e. The molecule has 0 radical (unpaired) electrons. The molecule has 84 valence electrons. The maximum absolute atomic E-state index is 5.91. The van der Waals surface area contributed by atoms with E-state index in [2.05, 4.69) is 33.9 Å². The molecular weight excluding hydrogens is 190 g/mol. The Labute approximate surface area is 89.7 Å². The first-order valence-electron chi connectivity index (χ1n) is 5.18. The Bertz CT molecular complexity index is 214. The highest BCUT2D eigenvalue weighted by atomic mass is 28.4. The second-order valence-electron chi connectivity index (χ2n) is 5.53. The highest BCUT2D eigenvalue weighted by molar-refractivity contribution is 6.74. The minimum atomic E-state index is -1.65. The predicted molar refractivity (Wildman–Crippen MR) is 65.7 cm³/mol. The van der Waals surface area contributed by atoms with Crippen LogP contribution in [0.2, 0.25) is 18.1 Å². The zero-order chi connectivity index (χ0) is 11.6. The summed E-state index contributed by atoms with van der Waals surface area (Å²) < 4.78 is 5.91. The van der Waals surface area contributed by atoms with Crippen LogP contribution in [0.15, 0.2) is 11.8 Å². The Balaban J connectivity index is 4.47. The van der Waals surface area contributed by atoms with Gasteiger partial charge in [0.25, 0.3) is 0 Å². The molecule has 0 saturated carbocycles. The van der Waals surface area contributed by atoms with E-state index in [1.165, 1.54) is 0 Å². The van der Waals surface area contributed by atoms with Crippen LogP contribution in [0.4, 0.5) is 0 Å². The Morgan fingerprint density at radius 2 is 1.79 bits per heavy atom. The molecule has 2 nitrogen and oxygen atoms in total. The molecule has 0 aromatic carbocycles. The second-order valence-corrected chi connectivity index (χ2v) is 10.3. The largest absolute Gasteiger partial charge is 0.549 e. The molecule has 0 aromatic heterocycles. The predicted octanol–water partition coefficient (Wildman–Crippen LogP) is 3.26. The lowest BCUT2D eigenvalue weighted by Gasteiger charge is -2.35. The van der Waals surface area contributed by atoms with Crippen molar-refractivity contribution in [2.45, 2.75) is 58.8 Å². The molecule has 0 unspecified atom stereocenters. The summed E-state index contributed by atoms with van der Waals surface area (Å²) in [7, 11) is -1.65. The molecule has 0 aliphatic rings. The molecular formula is C11H25NOSi. The van der Waals surface area contributed by atoms with Crippen LogP contribution in [0.3, 0.4) is 0 Å². The average Bonchev–Trinajstić information content (AvgIpc) is 1.97. The first-order chi connectivity index (χ1) is 6.08. The van der Waals surface area contributed by atoms with Crippen LogP contribution in [0.25, 0.3) is 0 Å². The van der Waals surface area contributed by atoms with Gasteiger partial charge in [0.05, 0.1) is 6.26 Å². The molecule has 0 aliphatic carbocycles. The van der Waals surface area contributed by atoms with Gasteiger partial charge in [-0.15, -0.1) is 0 Å². The van der Waals surface area contributed by atoms with Crippen LogP contribution in [0, 0.1) is 0 Å². The van der Waals surface area contributed by atoms with Crippen molar-refractivity contribution in [2.75, 3.05) is 0 Å². The van der Waals surface area contributed by atoms with Gasteiger partial charge in [-0.3, -0.25) is 0 Å². The number of hydrogen-bond donors (Lipinski definition) is 1. The van der Waals surface area contributed by atoms with Crippen molar-refractivity contribution in [3.05, 3.63) is 11.8 Å². The summed E-state index contributed by atoms with van der Waals surface area (Å²) in [6.07, 6.45) is 1.85. The molecule has 1 atom stereocenters. The van der Waals surface area contributed by atoms with Gasteiger partial charge in [0.15, 0.2) is 0 Å². The molecule has 0 amide bonds. The van der Waals surface area contributed by atoms with Crippen molar-refractivity contribution in [3.8, 4) is 0 Å². The van der Waals surface area contributed by atoms with Crippen molar-refractivity contribution in [1.29, 1.82) is 0 Å². The van der Waals surface area contributed by atoms with Crippen LogP contribution < -0.4 is 5.73 Å². The molecule has 0 aliphatic heterocycles. The van der Waals surface area contributed by atoms with Gasteiger partial charge >= 0.3 is 0 Å². The van der Waals surface area contributed by atoms with Crippen molar-refractivity contribution < 1.29 is 4.43 Å². The lowest BCUT2D eigenvalue weighted by Crippen LogP contribution is -2.39. The highest BCUT2D eigenvalue weighted by Crippen LogP contribution is 2.36. The van der Waals surface area contributed by atoms with Gasteiger partial charge in [-0.05, 0) is 37.6 Å². The molecule has 2 N–H and O–H groups in total. The quantitative estimate of drug-likeness (QED) is 0.579. The third-order valence-electron chi connectivity index (χ3n) is 3.06. The lowest BCUT2D eigenvalue weighted by molar-refractivity contribution is 0.423. The fourth-order valence-corrected chi connectivity index (χ4v) is 1.36. The number of rotatable bonds is 3. The molecule has 0 fully saturated rings. The summed E-state index contributed by atoms with van der Waals surface area (Å²) in [5.74, 6) is 0. The van der Waals surface area contributed by atoms with Crippen LogP contribution in [0.1, 0.15) is 34.6 Å². The molecule has 0 saturated heterocycles. The molecule has 0 rings (SSSR count). The van der Waals surface area contributed by atoms with E-state index in [0.717, 1.165) is 5.57 Å². The fourth-order valence-electron chi connectivity index (χ4n) is 0.524. The zero-order valence-electron chi connectivity index (χ0n) is 10.6. The topological polar surface area (TPSA) is 35.2 Å². The van der Waals surface area contributed by atoms with E-state index in [1.54, 1.807) is 0 Å². The van der Waals surface area contributed by atoms with Gasteiger partial charge in [0, 0.05) is 6.04 Å². The van der Waals surface area contributed by atoms with Gasteiger partial charge in [0.1, 0.15) is 0 Å². The minimum absolute atomic E-state index is 0.0831. The summed E-state index contributed by atoms with van der Waals surface area (Å²) in [4.78, 5) is 0. The second kappa shape index (κ2) is 4.49. The Morgan fingerprint density at radius 3 is 2.07 bits per heavy atom. The highest BCUT2D eigenvalue weighted by Gasteiger charge is 2.38. The normalized spacial score (nSPS) is 16.7. The van der Waals surface area contributed by atoms with Gasteiger partial charge in [0.2, 0.25) is 8.32 Å². The Morgan fingerprint density at radius 1 is 1.36 bits per heavy atom. The van der Waals surface area contributed by atoms with E-state index in [1.807, 2.05) is 20.1 Å². The van der Waals surface area contributed by atoms with Crippen molar-refractivity contribution in [3.63, 3.8) is 0 Å². The monoisotopic (exact) mass is 215 g/mol. The summed E-state index contributed by atoms with van der Waals surface area (Å²) in [6.45, 7) is 15.1. The van der Waals surface area contributed by atoms with E-state index < -0.39 is 8.32 Å². The molecule has 0 bridgehead atoms. The average molecular weight is 215 g/mol. The molecule has 0 aromatic rings. The standard InChI is InChI=1S/C11H25NOSi/c1-9(10(2)12)8-13-14(6,7)11(3,4)5/h8,10H,12H2,1-7H3/t10-/m0/s1. The van der Waals surface area contributed by atoms with E-state index in [-0.39, 0.29) is 11.1 Å². The first-order valence-corrected chi connectivity index (χ1v) is 8.09. The smallest absolute Gasteiger partial charge is 0.249 e. The van der Waals surface area contributed by atoms with Gasteiger partial charge < -0.3 is 10.2 Å². The summed E-state index contributed by atoms with van der Waals surface area (Å²) in [5, 5.41) is 0.252. The van der Waals surface area contributed by atoms with E-state index in [4.69, 9.17) is 10.2 Å². The number of hydrogen-bond acceptors (Lipinski definition) is 2. The van der Waals surface area contributed by atoms with Crippen LogP contribution in [-0.2, 0) is 4.43 Å². The minimum Gasteiger partial charge on any atom is -0.549 e. The maximum atomic E-state index is 5.91. The fraction of sp³-hybridized carbons (Fsp3) is 0.818. The van der Waals surface area contributed by atoms with Gasteiger partial charge in [-0.2, -0.15) is 0 Å².